The van der Waals surface area contributed by atoms with Crippen molar-refractivity contribution in [1.82, 2.24) is 19.8 Å². The molecular formula is C23H26N4O3S. The Morgan fingerprint density at radius 2 is 1.77 bits per heavy atom. The Labute approximate surface area is 182 Å². The maximum absolute atomic E-state index is 12.8. The molecule has 0 bridgehead atoms. The molecule has 7 nitrogen and oxygen atoms in total. The van der Waals surface area contributed by atoms with Gasteiger partial charge in [-0.15, -0.1) is 0 Å². The van der Waals surface area contributed by atoms with Crippen LogP contribution in [0.5, 0.6) is 0 Å². The molecule has 31 heavy (non-hydrogen) atoms. The normalized spacial score (nSPS) is 13.2. The van der Waals surface area contributed by atoms with E-state index in [-0.39, 0.29) is 23.9 Å². The van der Waals surface area contributed by atoms with Crippen LogP contribution < -0.4 is 10.0 Å². The lowest BCUT2D eigenvalue weighted by atomic mass is 10.2. The fourth-order valence-corrected chi connectivity index (χ4v) is 4.90. The van der Waals surface area contributed by atoms with Crippen molar-refractivity contribution in [2.45, 2.75) is 38.0 Å². The van der Waals surface area contributed by atoms with Gasteiger partial charge in [0.1, 0.15) is 0 Å². The van der Waals surface area contributed by atoms with Crippen molar-refractivity contribution < 1.29 is 13.2 Å². The smallest absolute Gasteiger partial charge is 0.272 e. The summed E-state index contributed by atoms with van der Waals surface area (Å²) in [5.74, 6) is -0.278. The minimum atomic E-state index is -3.61. The van der Waals surface area contributed by atoms with Crippen molar-refractivity contribution in [3.05, 3.63) is 76.6 Å². The van der Waals surface area contributed by atoms with Crippen LogP contribution in [0.1, 0.15) is 39.3 Å². The van der Waals surface area contributed by atoms with Gasteiger partial charge in [0, 0.05) is 24.3 Å². The lowest BCUT2D eigenvalue weighted by molar-refractivity contribution is 0.0948. The molecule has 0 saturated carbocycles. The maximum Gasteiger partial charge on any atom is 0.272 e. The van der Waals surface area contributed by atoms with Gasteiger partial charge in [-0.2, -0.15) is 5.10 Å². The summed E-state index contributed by atoms with van der Waals surface area (Å²) in [5.41, 5.74) is 5.56. The standard InChI is InChI=1S/C23H26N4O3S/c1-16-10-12-18(13-11-16)31(29,30)25-15-14-24-23(28)22-19-7-5-9-21(19)27(26-22)20-8-4-3-6-17(20)2/h3-4,6,8,10-13,25H,5,7,9,14-15H2,1-2H3,(H,24,28). The van der Waals surface area contributed by atoms with E-state index in [2.05, 4.69) is 15.1 Å². The first kappa shape index (κ1) is 21.3. The number of hydrogen-bond donors (Lipinski definition) is 2. The molecule has 0 unspecified atom stereocenters. The monoisotopic (exact) mass is 438 g/mol. The Morgan fingerprint density at radius 1 is 1.03 bits per heavy atom. The minimum Gasteiger partial charge on any atom is -0.349 e. The number of carbonyl (C=O) groups excluding carboxylic acids is 1. The van der Waals surface area contributed by atoms with E-state index in [0.717, 1.165) is 47.3 Å². The summed E-state index contributed by atoms with van der Waals surface area (Å²) in [7, 11) is -3.61. The first-order valence-corrected chi connectivity index (χ1v) is 11.9. The number of benzene rings is 2. The third-order valence-corrected chi connectivity index (χ3v) is 7.00. The van der Waals surface area contributed by atoms with Gasteiger partial charge < -0.3 is 5.32 Å². The maximum atomic E-state index is 12.8. The number of nitrogens with zero attached hydrogens (tertiary/aromatic N) is 2. The number of aromatic nitrogens is 2. The molecule has 1 aliphatic carbocycles. The molecule has 162 valence electrons. The Hall–Kier alpha value is -2.97. The molecule has 0 spiro atoms. The van der Waals surface area contributed by atoms with Crippen LogP contribution in [0.2, 0.25) is 0 Å². The molecule has 0 aliphatic heterocycles. The van der Waals surface area contributed by atoms with Gasteiger partial charge >= 0.3 is 0 Å². The highest BCUT2D eigenvalue weighted by molar-refractivity contribution is 7.89. The number of nitrogens with one attached hydrogen (secondary N) is 2. The van der Waals surface area contributed by atoms with E-state index in [9.17, 15) is 13.2 Å². The van der Waals surface area contributed by atoms with Gasteiger partial charge in [-0.3, -0.25) is 4.79 Å². The third kappa shape index (κ3) is 4.40. The average molecular weight is 439 g/mol. The second-order valence-electron chi connectivity index (χ2n) is 7.79. The minimum absolute atomic E-state index is 0.0998. The molecule has 0 atom stereocenters. The van der Waals surface area contributed by atoms with Gasteiger partial charge in [0.15, 0.2) is 5.69 Å². The highest BCUT2D eigenvalue weighted by Gasteiger charge is 2.27. The Balaban J connectivity index is 1.42. The van der Waals surface area contributed by atoms with Crippen molar-refractivity contribution in [3.63, 3.8) is 0 Å². The summed E-state index contributed by atoms with van der Waals surface area (Å²) >= 11 is 0. The molecule has 1 aliphatic rings. The Morgan fingerprint density at radius 3 is 2.52 bits per heavy atom. The van der Waals surface area contributed by atoms with Crippen LogP contribution in [-0.2, 0) is 22.9 Å². The molecule has 0 fully saturated rings. The second kappa shape index (κ2) is 8.64. The number of amides is 1. The fourth-order valence-electron chi connectivity index (χ4n) is 3.87. The van der Waals surface area contributed by atoms with Crippen molar-refractivity contribution in [1.29, 1.82) is 0 Å². The van der Waals surface area contributed by atoms with E-state index in [1.54, 1.807) is 24.3 Å². The van der Waals surface area contributed by atoms with Gasteiger partial charge in [-0.25, -0.2) is 17.8 Å². The molecule has 2 N–H and O–H groups in total. The number of hydrogen-bond acceptors (Lipinski definition) is 4. The van der Waals surface area contributed by atoms with Crippen molar-refractivity contribution in [2.24, 2.45) is 0 Å². The molecule has 2 aromatic carbocycles. The van der Waals surface area contributed by atoms with Gasteiger partial charge in [0.25, 0.3) is 5.91 Å². The fraction of sp³-hybridized carbons (Fsp3) is 0.304. The van der Waals surface area contributed by atoms with E-state index in [1.165, 1.54) is 0 Å². The van der Waals surface area contributed by atoms with Crippen LogP contribution in [0.4, 0.5) is 0 Å². The molecular weight excluding hydrogens is 412 g/mol. The number of para-hydroxylation sites is 1. The Kier molecular flexibility index (Phi) is 5.93. The van der Waals surface area contributed by atoms with Crippen LogP contribution in [0.3, 0.4) is 0 Å². The third-order valence-electron chi connectivity index (χ3n) is 5.52. The summed E-state index contributed by atoms with van der Waals surface area (Å²) in [6.07, 6.45) is 2.71. The van der Waals surface area contributed by atoms with Crippen LogP contribution in [0.15, 0.2) is 53.4 Å². The van der Waals surface area contributed by atoms with Crippen molar-refractivity contribution in [2.75, 3.05) is 13.1 Å². The number of aryl methyl sites for hydroxylation is 2. The summed E-state index contributed by atoms with van der Waals surface area (Å²) in [4.78, 5) is 13.0. The molecule has 1 amide bonds. The van der Waals surface area contributed by atoms with Crippen molar-refractivity contribution >= 4 is 15.9 Å². The zero-order valence-corrected chi connectivity index (χ0v) is 18.5. The van der Waals surface area contributed by atoms with Crippen LogP contribution in [-0.4, -0.2) is 37.2 Å². The average Bonchev–Trinajstić information content (AvgIpc) is 3.35. The van der Waals surface area contributed by atoms with Gasteiger partial charge in [-0.1, -0.05) is 35.9 Å². The van der Waals surface area contributed by atoms with E-state index >= 15 is 0 Å². The Bertz CT molecular complexity index is 1210. The molecule has 1 heterocycles. The topological polar surface area (TPSA) is 93.1 Å². The molecule has 4 rings (SSSR count). The predicted molar refractivity (Wildman–Crippen MR) is 119 cm³/mol. The van der Waals surface area contributed by atoms with Crippen LogP contribution in [0.25, 0.3) is 5.69 Å². The number of rotatable bonds is 7. The summed E-state index contributed by atoms with van der Waals surface area (Å²) in [6.45, 7) is 4.20. The summed E-state index contributed by atoms with van der Waals surface area (Å²) in [5, 5.41) is 7.41. The molecule has 3 aromatic rings. The zero-order chi connectivity index (χ0) is 22.0. The second-order valence-corrected chi connectivity index (χ2v) is 9.56. The van der Waals surface area contributed by atoms with Crippen molar-refractivity contribution in [3.8, 4) is 5.69 Å². The first-order chi connectivity index (χ1) is 14.9. The van der Waals surface area contributed by atoms with E-state index < -0.39 is 10.0 Å². The van der Waals surface area contributed by atoms with Gasteiger partial charge in [-0.05, 0) is 56.9 Å². The van der Waals surface area contributed by atoms with Gasteiger partial charge in [0.2, 0.25) is 10.0 Å². The first-order valence-electron chi connectivity index (χ1n) is 10.4. The molecule has 1 aromatic heterocycles. The summed E-state index contributed by atoms with van der Waals surface area (Å²) in [6, 6.07) is 14.6. The van der Waals surface area contributed by atoms with E-state index in [4.69, 9.17) is 0 Å². The highest BCUT2D eigenvalue weighted by Crippen LogP contribution is 2.28. The largest absolute Gasteiger partial charge is 0.349 e. The molecule has 0 saturated heterocycles. The number of fused-ring (bicyclic) bond motifs is 1. The summed E-state index contributed by atoms with van der Waals surface area (Å²) < 4.78 is 29.1. The SMILES string of the molecule is Cc1ccc(S(=O)(=O)NCCNC(=O)c2nn(-c3ccccc3C)c3c2CCC3)cc1. The zero-order valence-electron chi connectivity index (χ0n) is 17.7. The predicted octanol–water partition coefficient (Wildman–Crippen LogP) is 2.69. The van der Waals surface area contributed by atoms with Crippen LogP contribution in [0, 0.1) is 13.8 Å². The lowest BCUT2D eigenvalue weighted by Crippen LogP contribution is -2.35. The number of sulfonamides is 1. The lowest BCUT2D eigenvalue weighted by Gasteiger charge is -2.09. The molecule has 8 heteroatoms. The van der Waals surface area contributed by atoms with Crippen LogP contribution >= 0.6 is 0 Å². The highest BCUT2D eigenvalue weighted by atomic mass is 32.2. The van der Waals surface area contributed by atoms with Gasteiger partial charge in [0.05, 0.1) is 10.6 Å². The molecule has 0 radical (unpaired) electrons. The van der Waals surface area contributed by atoms with E-state index in [1.807, 2.05) is 42.8 Å². The quantitative estimate of drug-likeness (QED) is 0.555. The number of carbonyl (C=O) groups is 1. The van der Waals surface area contributed by atoms with E-state index in [0.29, 0.717) is 5.69 Å².